The Morgan fingerprint density at radius 1 is 0.311 bits per heavy atom. The van der Waals surface area contributed by atoms with Crippen LogP contribution in [0.2, 0.25) is 0 Å². The van der Waals surface area contributed by atoms with E-state index in [2.05, 4.69) is 249 Å². The molecule has 0 saturated carbocycles. The molecular weight excluding hydrogens is 887 g/mol. The van der Waals surface area contributed by atoms with Crippen LogP contribution < -0.4 is 57.3 Å². The van der Waals surface area contributed by atoms with Crippen molar-refractivity contribution in [3.05, 3.63) is 202 Å². The normalized spacial score (nSPS) is 11.5. The Balaban J connectivity index is 0.000000380. The molecule has 0 bridgehead atoms. The molecule has 6 aromatic rings. The topological polar surface area (TPSA) is 13.0 Å². The molecule has 6 rings (SSSR count). The largest absolute Gasteiger partial charge is 1.00 e. The maximum absolute atomic E-state index is 2.52. The standard InChI is InChI=1S/C34H48N2.C34H46N2.2Li/c2*1-7-9-11-16-33(27-18-22-31(23-19-27)35(3)4)29-14-13-15-30(26-29)34(17-12-10-8-2)28-20-24-32(25-21-28)36(5)6;;/h13-15,18-26,33-34H,7-12,16-17H2,1-6H3;13-15,18-26H,7-12,16-17H2,1-6H3;;/q;-2;2*+1. The van der Waals surface area contributed by atoms with Gasteiger partial charge in [-0.2, -0.15) is 0 Å². The summed E-state index contributed by atoms with van der Waals surface area (Å²) in [5.41, 5.74) is 16.2. The smallest absolute Gasteiger partial charge is 0.379 e. The van der Waals surface area contributed by atoms with E-state index < -0.39 is 0 Å². The predicted molar refractivity (Wildman–Crippen MR) is 319 cm³/mol. The first-order chi connectivity index (χ1) is 34.9. The van der Waals surface area contributed by atoms with Crippen LogP contribution in [0.4, 0.5) is 22.7 Å². The zero-order chi connectivity index (χ0) is 51.8. The quantitative estimate of drug-likeness (QED) is 0.0276. The van der Waals surface area contributed by atoms with Gasteiger partial charge in [0.15, 0.2) is 0 Å². The minimum Gasteiger partial charge on any atom is -0.379 e. The second-order valence-electron chi connectivity index (χ2n) is 21.1. The van der Waals surface area contributed by atoms with Crippen LogP contribution in [0.25, 0.3) is 0 Å². The van der Waals surface area contributed by atoms with E-state index >= 15 is 0 Å². The molecule has 0 heterocycles. The number of anilines is 4. The summed E-state index contributed by atoms with van der Waals surface area (Å²) >= 11 is 0. The molecule has 2 unspecified atom stereocenters. The molecule has 6 heteroatoms. The van der Waals surface area contributed by atoms with Crippen LogP contribution in [0, 0.1) is 11.8 Å². The van der Waals surface area contributed by atoms with Crippen LogP contribution in [0.1, 0.15) is 187 Å². The van der Waals surface area contributed by atoms with E-state index in [4.69, 9.17) is 0 Å². The van der Waals surface area contributed by atoms with Crippen molar-refractivity contribution in [3.63, 3.8) is 0 Å². The molecule has 0 N–H and O–H groups in total. The van der Waals surface area contributed by atoms with E-state index in [1.807, 2.05) is 0 Å². The molecular formula is C68H94Li2N4. The second kappa shape index (κ2) is 34.2. The minimum atomic E-state index is 0. The second-order valence-corrected chi connectivity index (χ2v) is 21.1. The van der Waals surface area contributed by atoms with Gasteiger partial charge in [0.05, 0.1) is 0 Å². The summed E-state index contributed by atoms with van der Waals surface area (Å²) in [6, 6.07) is 55.5. The first-order valence-corrected chi connectivity index (χ1v) is 27.9. The number of nitrogens with zero attached hydrogens (tertiary/aromatic N) is 4. The molecule has 0 aliphatic rings. The van der Waals surface area contributed by atoms with Crippen LogP contribution in [-0.4, -0.2) is 56.4 Å². The van der Waals surface area contributed by atoms with Crippen molar-refractivity contribution >= 4 is 22.7 Å². The van der Waals surface area contributed by atoms with E-state index in [0.717, 1.165) is 12.8 Å². The summed E-state index contributed by atoms with van der Waals surface area (Å²) in [7, 11) is 16.9. The van der Waals surface area contributed by atoms with Gasteiger partial charge in [-0.25, -0.2) is 0 Å². The SMILES string of the molecule is CCCCCC(c1ccc(N(C)C)cc1)c1cccc(C(CCCCC)c2ccc(N(C)C)cc2)c1.CCCCC[C-](c1ccc(N(C)C)cc1)c1cccc([C-](CCCCC)c2ccc(N(C)C)cc2)c1.[Li+].[Li+]. The average Bonchev–Trinajstić information content (AvgIpc) is 3.39. The van der Waals surface area contributed by atoms with Crippen molar-refractivity contribution in [3.8, 4) is 0 Å². The van der Waals surface area contributed by atoms with Crippen molar-refractivity contribution in [1.82, 2.24) is 0 Å². The molecule has 0 saturated heterocycles. The van der Waals surface area contributed by atoms with Crippen molar-refractivity contribution in [2.45, 2.75) is 142 Å². The molecule has 0 aliphatic heterocycles. The summed E-state index contributed by atoms with van der Waals surface area (Å²) < 4.78 is 0. The Hall–Kier alpha value is -4.55. The van der Waals surface area contributed by atoms with Gasteiger partial charge in [-0.05, 0) is 59.4 Å². The Bertz CT molecular complexity index is 2060. The van der Waals surface area contributed by atoms with Gasteiger partial charge in [-0.15, -0.1) is 82.6 Å². The number of hydrogen-bond donors (Lipinski definition) is 0. The van der Waals surface area contributed by atoms with E-state index in [1.165, 1.54) is 169 Å². The fourth-order valence-electron chi connectivity index (χ4n) is 10.1. The molecule has 0 fully saturated rings. The molecule has 0 aliphatic carbocycles. The third-order valence-corrected chi connectivity index (χ3v) is 14.6. The summed E-state index contributed by atoms with van der Waals surface area (Å²) in [5, 5.41) is 0. The molecule has 0 aromatic heterocycles. The third-order valence-electron chi connectivity index (χ3n) is 14.6. The van der Waals surface area contributed by atoms with Gasteiger partial charge in [-0.1, -0.05) is 190 Å². The molecule has 74 heavy (non-hydrogen) atoms. The minimum absolute atomic E-state index is 0. The Kier molecular flexibility index (Phi) is 29.4. The Morgan fingerprint density at radius 2 is 0.608 bits per heavy atom. The van der Waals surface area contributed by atoms with Gasteiger partial charge in [0.25, 0.3) is 0 Å². The first-order valence-electron chi connectivity index (χ1n) is 27.9. The predicted octanol–water partition coefficient (Wildman–Crippen LogP) is 12.2. The van der Waals surface area contributed by atoms with Crippen molar-refractivity contribution in [2.75, 3.05) is 76.0 Å². The summed E-state index contributed by atoms with van der Waals surface area (Å²) in [6.45, 7) is 9.16. The fourth-order valence-corrected chi connectivity index (χ4v) is 10.1. The van der Waals surface area contributed by atoms with E-state index in [9.17, 15) is 0 Å². The van der Waals surface area contributed by atoms with Crippen molar-refractivity contribution in [2.24, 2.45) is 0 Å². The van der Waals surface area contributed by atoms with Crippen molar-refractivity contribution < 1.29 is 37.7 Å². The van der Waals surface area contributed by atoms with Gasteiger partial charge in [0.2, 0.25) is 0 Å². The van der Waals surface area contributed by atoms with E-state index in [0.29, 0.717) is 11.8 Å². The molecule has 6 aromatic carbocycles. The fraction of sp³-hybridized carbons (Fsp3) is 0.441. The molecule has 0 radical (unpaired) electrons. The number of unbranched alkanes of at least 4 members (excludes halogenated alkanes) is 8. The van der Waals surface area contributed by atoms with Gasteiger partial charge in [0, 0.05) is 91.0 Å². The number of rotatable bonds is 28. The molecule has 0 spiro atoms. The van der Waals surface area contributed by atoms with E-state index in [1.54, 1.807) is 0 Å². The Labute approximate surface area is 477 Å². The molecule has 0 amide bonds. The van der Waals surface area contributed by atoms with Crippen LogP contribution in [0.3, 0.4) is 0 Å². The zero-order valence-corrected chi connectivity index (χ0v) is 49.1. The summed E-state index contributed by atoms with van der Waals surface area (Å²) in [6.07, 6.45) is 19.8. The van der Waals surface area contributed by atoms with E-state index in [-0.39, 0.29) is 37.7 Å². The molecule has 388 valence electrons. The maximum Gasteiger partial charge on any atom is 1.00 e. The van der Waals surface area contributed by atoms with Gasteiger partial charge in [-0.3, -0.25) is 0 Å². The molecule has 2 atom stereocenters. The Morgan fingerprint density at radius 3 is 0.919 bits per heavy atom. The van der Waals surface area contributed by atoms with Crippen LogP contribution in [0.15, 0.2) is 146 Å². The third kappa shape index (κ3) is 19.5. The molecule has 4 nitrogen and oxygen atoms in total. The van der Waals surface area contributed by atoms with Gasteiger partial charge < -0.3 is 19.6 Å². The van der Waals surface area contributed by atoms with Gasteiger partial charge >= 0.3 is 37.7 Å². The zero-order valence-electron chi connectivity index (χ0n) is 49.1. The number of benzene rings is 6. The summed E-state index contributed by atoms with van der Waals surface area (Å²) in [5.74, 6) is 3.82. The monoisotopic (exact) mass is 981 g/mol. The van der Waals surface area contributed by atoms with Crippen LogP contribution >= 0.6 is 0 Å². The first kappa shape index (κ1) is 63.7. The van der Waals surface area contributed by atoms with Crippen molar-refractivity contribution in [1.29, 1.82) is 0 Å². The summed E-state index contributed by atoms with van der Waals surface area (Å²) in [4.78, 5) is 8.69. The maximum atomic E-state index is 2.52. The van der Waals surface area contributed by atoms with Crippen LogP contribution in [-0.2, 0) is 0 Å². The van der Waals surface area contributed by atoms with Crippen LogP contribution in [0.5, 0.6) is 0 Å². The van der Waals surface area contributed by atoms with Gasteiger partial charge in [0.1, 0.15) is 0 Å². The average molecular weight is 981 g/mol. The number of hydrogen-bond acceptors (Lipinski definition) is 4.